The van der Waals surface area contributed by atoms with Crippen molar-refractivity contribution in [2.45, 2.75) is 11.3 Å². The van der Waals surface area contributed by atoms with Crippen molar-refractivity contribution < 1.29 is 8.42 Å². The third kappa shape index (κ3) is 3.27. The summed E-state index contributed by atoms with van der Waals surface area (Å²) in [6.45, 7) is 0.910. The topological polar surface area (TPSA) is 63.4 Å². The second-order valence-corrected chi connectivity index (χ2v) is 8.92. The molecule has 2 N–H and O–H groups in total. The van der Waals surface area contributed by atoms with Crippen molar-refractivity contribution in [2.75, 3.05) is 20.1 Å². The number of thiophene rings is 1. The van der Waals surface area contributed by atoms with Crippen molar-refractivity contribution >= 4 is 53.2 Å². The molecule has 0 fully saturated rings. The summed E-state index contributed by atoms with van der Waals surface area (Å²) in [5.74, 6) is 0. The van der Waals surface area contributed by atoms with Crippen LogP contribution in [0.4, 0.5) is 0 Å². The zero-order valence-corrected chi connectivity index (χ0v) is 13.4. The Balaban J connectivity index is 2.97. The minimum absolute atomic E-state index is 0.295. The second-order valence-electron chi connectivity index (χ2n) is 3.16. The smallest absolute Gasteiger partial charge is 0.244 e. The standard InChI is InChI=1S/C8H12Br2N2O2S2/c1-12(4-2-3-11)16(13,14)6-5-7(9)15-8(6)10/h5H,2-4,11H2,1H3. The normalized spacial score (nSPS) is 12.3. The molecule has 0 saturated heterocycles. The maximum absolute atomic E-state index is 12.1. The molecule has 1 aromatic rings. The first kappa shape index (κ1) is 14.6. The predicted molar refractivity (Wildman–Crippen MR) is 73.2 cm³/mol. The van der Waals surface area contributed by atoms with E-state index in [0.29, 0.717) is 28.2 Å². The third-order valence-corrected chi connectivity index (χ3v) is 6.60. The third-order valence-electron chi connectivity index (χ3n) is 1.99. The lowest BCUT2D eigenvalue weighted by Crippen LogP contribution is -2.29. The first-order chi connectivity index (χ1) is 7.39. The highest BCUT2D eigenvalue weighted by Gasteiger charge is 2.24. The molecule has 0 spiro atoms. The number of hydrogen-bond acceptors (Lipinski definition) is 4. The van der Waals surface area contributed by atoms with E-state index in [1.54, 1.807) is 13.1 Å². The molecule has 4 nitrogen and oxygen atoms in total. The van der Waals surface area contributed by atoms with E-state index in [4.69, 9.17) is 5.73 Å². The van der Waals surface area contributed by atoms with Gasteiger partial charge in [-0.2, -0.15) is 0 Å². The Morgan fingerprint density at radius 3 is 2.56 bits per heavy atom. The van der Waals surface area contributed by atoms with Gasteiger partial charge in [-0.15, -0.1) is 11.3 Å². The molecule has 0 aliphatic carbocycles. The molecule has 0 saturated carbocycles. The van der Waals surface area contributed by atoms with E-state index in [1.807, 2.05) is 0 Å². The van der Waals surface area contributed by atoms with Crippen LogP contribution < -0.4 is 5.73 Å². The minimum atomic E-state index is -3.41. The maximum Gasteiger partial charge on any atom is 0.244 e. The Morgan fingerprint density at radius 2 is 2.12 bits per heavy atom. The fourth-order valence-corrected chi connectivity index (χ4v) is 6.07. The highest BCUT2D eigenvalue weighted by atomic mass is 79.9. The zero-order chi connectivity index (χ0) is 12.3. The van der Waals surface area contributed by atoms with Gasteiger partial charge in [0.25, 0.3) is 0 Å². The summed E-state index contributed by atoms with van der Waals surface area (Å²) in [6, 6.07) is 1.60. The van der Waals surface area contributed by atoms with E-state index in [-0.39, 0.29) is 0 Å². The van der Waals surface area contributed by atoms with Crippen molar-refractivity contribution in [1.29, 1.82) is 0 Å². The average Bonchev–Trinajstić information content (AvgIpc) is 2.54. The number of nitrogens with two attached hydrogens (primary N) is 1. The van der Waals surface area contributed by atoms with Crippen molar-refractivity contribution in [3.8, 4) is 0 Å². The second kappa shape index (κ2) is 5.92. The molecule has 92 valence electrons. The van der Waals surface area contributed by atoms with Gasteiger partial charge in [-0.1, -0.05) is 0 Å². The molecule has 0 radical (unpaired) electrons. The van der Waals surface area contributed by atoms with E-state index in [2.05, 4.69) is 31.9 Å². The van der Waals surface area contributed by atoms with Crippen LogP contribution in [-0.2, 0) is 10.0 Å². The Bertz CT molecular complexity index is 459. The lowest BCUT2D eigenvalue weighted by atomic mass is 10.4. The van der Waals surface area contributed by atoms with Crippen molar-refractivity contribution in [1.82, 2.24) is 4.31 Å². The molecule has 0 aromatic carbocycles. The number of hydrogen-bond donors (Lipinski definition) is 1. The summed E-state index contributed by atoms with van der Waals surface area (Å²) in [4.78, 5) is 0.295. The van der Waals surface area contributed by atoms with E-state index in [1.165, 1.54) is 15.6 Å². The Kier molecular flexibility index (Phi) is 5.40. The van der Waals surface area contributed by atoms with Gasteiger partial charge in [-0.3, -0.25) is 0 Å². The van der Waals surface area contributed by atoms with Gasteiger partial charge in [-0.25, -0.2) is 12.7 Å². The fraction of sp³-hybridized carbons (Fsp3) is 0.500. The summed E-state index contributed by atoms with van der Waals surface area (Å²) in [7, 11) is -1.85. The summed E-state index contributed by atoms with van der Waals surface area (Å²) in [5, 5.41) is 0. The molecule has 1 heterocycles. The molecule has 0 amide bonds. The molecule has 1 rings (SSSR count). The Hall–Kier alpha value is 0.530. The lowest BCUT2D eigenvalue weighted by Gasteiger charge is -2.15. The molecule has 0 bridgehead atoms. The van der Waals surface area contributed by atoms with Crippen LogP contribution in [0.25, 0.3) is 0 Å². The van der Waals surface area contributed by atoms with E-state index < -0.39 is 10.0 Å². The SMILES string of the molecule is CN(CCCN)S(=O)(=O)c1cc(Br)sc1Br. The summed E-state index contributed by atoms with van der Waals surface area (Å²) < 4.78 is 26.9. The monoisotopic (exact) mass is 390 g/mol. The predicted octanol–water partition coefficient (Wildman–Crippen LogP) is 2.24. The van der Waals surface area contributed by atoms with Crippen LogP contribution >= 0.6 is 43.2 Å². The number of nitrogens with zero attached hydrogens (tertiary/aromatic N) is 1. The van der Waals surface area contributed by atoms with E-state index in [0.717, 1.165) is 3.79 Å². The molecule has 0 aliphatic rings. The molecular formula is C8H12Br2N2O2S2. The molecule has 16 heavy (non-hydrogen) atoms. The van der Waals surface area contributed by atoms with Crippen LogP contribution in [0.5, 0.6) is 0 Å². The van der Waals surface area contributed by atoms with Gasteiger partial charge < -0.3 is 5.73 Å². The van der Waals surface area contributed by atoms with Gasteiger partial charge in [0.15, 0.2) is 0 Å². The van der Waals surface area contributed by atoms with Crippen LogP contribution in [0.2, 0.25) is 0 Å². The van der Waals surface area contributed by atoms with Gasteiger partial charge in [0.2, 0.25) is 10.0 Å². The number of rotatable bonds is 5. The molecule has 8 heteroatoms. The first-order valence-corrected chi connectivity index (χ1v) is 8.35. The van der Waals surface area contributed by atoms with Crippen molar-refractivity contribution in [3.63, 3.8) is 0 Å². The van der Waals surface area contributed by atoms with Crippen molar-refractivity contribution in [2.24, 2.45) is 5.73 Å². The average molecular weight is 392 g/mol. The largest absolute Gasteiger partial charge is 0.330 e. The van der Waals surface area contributed by atoms with Gasteiger partial charge in [0.1, 0.15) is 4.90 Å². The maximum atomic E-state index is 12.1. The van der Waals surface area contributed by atoms with Crippen LogP contribution in [0.1, 0.15) is 6.42 Å². The molecule has 1 aromatic heterocycles. The van der Waals surface area contributed by atoms with Crippen LogP contribution in [0.3, 0.4) is 0 Å². The highest BCUT2D eigenvalue weighted by molar-refractivity contribution is 9.12. The number of sulfonamides is 1. The molecular weight excluding hydrogens is 380 g/mol. The zero-order valence-electron chi connectivity index (χ0n) is 8.61. The molecule has 0 atom stereocenters. The quantitative estimate of drug-likeness (QED) is 0.836. The van der Waals surface area contributed by atoms with Gasteiger partial charge in [-0.05, 0) is 50.9 Å². The Morgan fingerprint density at radius 1 is 1.50 bits per heavy atom. The van der Waals surface area contributed by atoms with Crippen LogP contribution in [0.15, 0.2) is 18.5 Å². The summed E-state index contributed by atoms with van der Waals surface area (Å²) in [5.41, 5.74) is 5.36. The summed E-state index contributed by atoms with van der Waals surface area (Å²) >= 11 is 7.85. The van der Waals surface area contributed by atoms with Crippen LogP contribution in [-0.4, -0.2) is 32.9 Å². The van der Waals surface area contributed by atoms with E-state index >= 15 is 0 Å². The van der Waals surface area contributed by atoms with Gasteiger partial charge in [0, 0.05) is 13.6 Å². The van der Waals surface area contributed by atoms with E-state index in [9.17, 15) is 8.42 Å². The van der Waals surface area contributed by atoms with Crippen LogP contribution in [0, 0.1) is 0 Å². The lowest BCUT2D eigenvalue weighted by molar-refractivity contribution is 0.463. The summed E-state index contributed by atoms with van der Waals surface area (Å²) in [6.07, 6.45) is 0.651. The van der Waals surface area contributed by atoms with Crippen molar-refractivity contribution in [3.05, 3.63) is 13.6 Å². The first-order valence-electron chi connectivity index (χ1n) is 4.51. The fourth-order valence-electron chi connectivity index (χ4n) is 1.10. The number of halogens is 2. The Labute approximate surface area is 116 Å². The molecule has 0 aliphatic heterocycles. The van der Waals surface area contributed by atoms with Gasteiger partial charge in [0.05, 0.1) is 7.57 Å². The van der Waals surface area contributed by atoms with Gasteiger partial charge >= 0.3 is 0 Å². The molecule has 0 unspecified atom stereocenters. The minimum Gasteiger partial charge on any atom is -0.330 e. The highest BCUT2D eigenvalue weighted by Crippen LogP contribution is 2.35.